The molecular formula is C38H52FN5O5S. The number of hydrogen-bond acceptors (Lipinski definition) is 6. The fourth-order valence-corrected chi connectivity index (χ4v) is 9.89. The van der Waals surface area contributed by atoms with E-state index in [-0.39, 0.29) is 53.8 Å². The number of carbonyl (C=O) groups excluding carboxylic acids is 2. The van der Waals surface area contributed by atoms with Gasteiger partial charge in [0, 0.05) is 64.2 Å². The molecule has 3 aliphatic carbocycles. The monoisotopic (exact) mass is 709 g/mol. The van der Waals surface area contributed by atoms with Gasteiger partial charge in [0.15, 0.2) is 0 Å². The van der Waals surface area contributed by atoms with Gasteiger partial charge in [0.05, 0.1) is 11.4 Å². The number of likely N-dealkylation sites (tertiary alicyclic amines) is 1. The molecule has 3 N–H and O–H groups in total. The van der Waals surface area contributed by atoms with Crippen molar-refractivity contribution in [2.75, 3.05) is 40.3 Å². The number of sulfonamides is 1. The Morgan fingerprint density at radius 2 is 1.74 bits per heavy atom. The smallest absolute Gasteiger partial charge is 0.318 e. The fourth-order valence-electron chi connectivity index (χ4n) is 8.99. The van der Waals surface area contributed by atoms with E-state index in [2.05, 4.69) is 17.2 Å². The number of nitrogens with one attached hydrogen (secondary N) is 2. The van der Waals surface area contributed by atoms with Gasteiger partial charge in [-0.05, 0) is 85.8 Å². The van der Waals surface area contributed by atoms with Crippen LogP contribution in [0.2, 0.25) is 0 Å². The van der Waals surface area contributed by atoms with Crippen LogP contribution in [0.15, 0.2) is 66.1 Å². The van der Waals surface area contributed by atoms with Crippen molar-refractivity contribution in [1.82, 2.24) is 24.7 Å². The summed E-state index contributed by atoms with van der Waals surface area (Å²) in [5, 5.41) is 19.0. The topological polar surface area (TPSA) is 122 Å². The first-order valence-electron chi connectivity index (χ1n) is 18.1. The summed E-state index contributed by atoms with van der Waals surface area (Å²) in [7, 11) is -0.544. The van der Waals surface area contributed by atoms with Gasteiger partial charge in [-0.2, -0.15) is 0 Å². The molecule has 3 amide bonds. The molecule has 10 nitrogen and oxygen atoms in total. The molecule has 0 aromatic heterocycles. The summed E-state index contributed by atoms with van der Waals surface area (Å²) in [6.45, 7) is 5.70. The molecule has 6 rings (SSSR count). The van der Waals surface area contributed by atoms with Gasteiger partial charge < -0.3 is 25.5 Å². The number of rotatable bonds is 12. The van der Waals surface area contributed by atoms with Gasteiger partial charge in [-0.1, -0.05) is 43.2 Å². The van der Waals surface area contributed by atoms with Crippen LogP contribution >= 0.6 is 0 Å². The van der Waals surface area contributed by atoms with Gasteiger partial charge in [0.25, 0.3) is 0 Å². The van der Waals surface area contributed by atoms with Crippen molar-refractivity contribution in [1.29, 1.82) is 0 Å². The molecule has 2 aromatic carbocycles. The number of nitrogens with zero attached hydrogens (tertiary/aromatic N) is 3. The standard InChI is InChI=1S/C38H52FN5O5S/c1-4-18-44(37(46)41-22-26-12-16-34(17-13-26)50(48,49)42(2)3)33-19-28-14-15-29(20-33)35(28)40-23-31-24-43(36(45)27-8-5-6-9-27)25-38(31,47)30-10-7-11-32(39)21-30/h4,7,10-13,16-17,21,27-29,31,33,35,40,47H,1,5-6,8-9,14-15,18-20,22-25H2,2-3H3,(H,41,46)/t28-,29+,31-,33?,35?,38-/m0/s1. The summed E-state index contributed by atoms with van der Waals surface area (Å²) in [5.74, 6) is 0.130. The number of fused-ring (bicyclic) bond motifs is 2. The molecule has 1 saturated heterocycles. The van der Waals surface area contributed by atoms with Crippen LogP contribution in [0.3, 0.4) is 0 Å². The zero-order valence-electron chi connectivity index (χ0n) is 29.3. The van der Waals surface area contributed by atoms with Crippen LogP contribution in [-0.2, 0) is 27.0 Å². The average Bonchev–Trinajstić information content (AvgIpc) is 3.81. The second-order valence-electron chi connectivity index (χ2n) is 15.0. The Morgan fingerprint density at radius 3 is 2.36 bits per heavy atom. The molecule has 3 saturated carbocycles. The Balaban J connectivity index is 1.08. The van der Waals surface area contributed by atoms with Crippen molar-refractivity contribution in [3.8, 4) is 0 Å². The van der Waals surface area contributed by atoms with E-state index in [4.69, 9.17) is 0 Å². The molecule has 4 aliphatic rings. The number of halogens is 1. The molecule has 0 radical (unpaired) electrons. The van der Waals surface area contributed by atoms with Crippen LogP contribution in [0, 0.1) is 29.5 Å². The number of carbonyl (C=O) groups is 2. The van der Waals surface area contributed by atoms with Crippen molar-refractivity contribution in [3.63, 3.8) is 0 Å². The maximum Gasteiger partial charge on any atom is 0.318 e. The summed E-state index contributed by atoms with van der Waals surface area (Å²) in [5.41, 5.74) is -0.0334. The lowest BCUT2D eigenvalue weighted by atomic mass is 9.79. The first kappa shape index (κ1) is 36.5. The SMILES string of the molecule is C=CCN(C(=O)NCc1ccc(S(=O)(=O)N(C)C)cc1)C1C[C@H]2CC[C@@H](C1)C2NC[C@H]1CN(C(=O)C2CCCC2)C[C@]1(O)c1cccc(F)c1. The lowest BCUT2D eigenvalue weighted by Crippen LogP contribution is -2.53. The van der Waals surface area contributed by atoms with Crippen LogP contribution in [-0.4, -0.2) is 91.9 Å². The Labute approximate surface area is 296 Å². The van der Waals surface area contributed by atoms with Gasteiger partial charge in [0.2, 0.25) is 15.9 Å². The molecule has 12 heteroatoms. The molecule has 2 unspecified atom stereocenters. The van der Waals surface area contributed by atoms with Crippen LogP contribution in [0.5, 0.6) is 0 Å². The minimum Gasteiger partial charge on any atom is -0.383 e. The number of urea groups is 1. The minimum atomic E-state index is -3.53. The highest BCUT2D eigenvalue weighted by atomic mass is 32.2. The third-order valence-corrected chi connectivity index (χ3v) is 13.6. The maximum atomic E-state index is 14.4. The predicted molar refractivity (Wildman–Crippen MR) is 190 cm³/mol. The van der Waals surface area contributed by atoms with E-state index >= 15 is 0 Å². The quantitative estimate of drug-likeness (QED) is 0.280. The molecule has 1 heterocycles. The van der Waals surface area contributed by atoms with E-state index in [9.17, 15) is 27.5 Å². The van der Waals surface area contributed by atoms with Crippen molar-refractivity contribution >= 4 is 22.0 Å². The normalized spacial score (nSPS) is 28.3. The van der Waals surface area contributed by atoms with Gasteiger partial charge in [-0.15, -0.1) is 6.58 Å². The number of aliphatic hydroxyl groups is 1. The van der Waals surface area contributed by atoms with Crippen molar-refractivity contribution in [3.05, 3.63) is 78.1 Å². The molecule has 1 aliphatic heterocycles. The molecule has 2 aromatic rings. The van der Waals surface area contributed by atoms with E-state index in [0.717, 1.165) is 56.9 Å². The summed E-state index contributed by atoms with van der Waals surface area (Å²) in [6.07, 6.45) is 9.43. The minimum absolute atomic E-state index is 0.00718. The molecule has 6 atom stereocenters. The Bertz CT molecular complexity index is 1630. The largest absolute Gasteiger partial charge is 0.383 e. The fraction of sp³-hybridized carbons (Fsp3) is 0.579. The zero-order chi connectivity index (χ0) is 35.6. The Morgan fingerprint density at radius 1 is 1.06 bits per heavy atom. The van der Waals surface area contributed by atoms with E-state index in [1.54, 1.807) is 42.5 Å². The highest BCUT2D eigenvalue weighted by Crippen LogP contribution is 2.45. The van der Waals surface area contributed by atoms with Crippen LogP contribution in [0.4, 0.5) is 9.18 Å². The van der Waals surface area contributed by atoms with Gasteiger partial charge in [-0.25, -0.2) is 21.9 Å². The van der Waals surface area contributed by atoms with E-state index in [1.807, 2.05) is 9.80 Å². The third kappa shape index (κ3) is 7.49. The second-order valence-corrected chi connectivity index (χ2v) is 17.2. The summed E-state index contributed by atoms with van der Waals surface area (Å²) < 4.78 is 40.4. The number of amides is 3. The second kappa shape index (κ2) is 15.1. The van der Waals surface area contributed by atoms with E-state index in [0.29, 0.717) is 37.0 Å². The summed E-state index contributed by atoms with van der Waals surface area (Å²) >= 11 is 0. The lowest BCUT2D eigenvalue weighted by Gasteiger charge is -2.42. The average molecular weight is 710 g/mol. The van der Waals surface area contributed by atoms with E-state index in [1.165, 1.54) is 30.5 Å². The van der Waals surface area contributed by atoms with Gasteiger partial charge >= 0.3 is 6.03 Å². The number of β-amino-alcohol motifs (C(OH)–C–C–N with tert-alkyl or cyclic N) is 1. The molecular weight excluding hydrogens is 658 g/mol. The van der Waals surface area contributed by atoms with Crippen molar-refractivity contribution in [2.24, 2.45) is 23.7 Å². The van der Waals surface area contributed by atoms with Gasteiger partial charge in [-0.3, -0.25) is 4.79 Å². The highest BCUT2D eigenvalue weighted by molar-refractivity contribution is 7.89. The molecule has 2 bridgehead atoms. The predicted octanol–water partition coefficient (Wildman–Crippen LogP) is 4.46. The van der Waals surface area contributed by atoms with Crippen LogP contribution in [0.1, 0.15) is 62.5 Å². The summed E-state index contributed by atoms with van der Waals surface area (Å²) in [6, 6.07) is 12.8. The lowest BCUT2D eigenvalue weighted by molar-refractivity contribution is -0.135. The number of hydrogen-bond donors (Lipinski definition) is 3. The van der Waals surface area contributed by atoms with Crippen LogP contribution in [0.25, 0.3) is 0 Å². The Hall–Kier alpha value is -3.32. The van der Waals surface area contributed by atoms with E-state index < -0.39 is 21.4 Å². The van der Waals surface area contributed by atoms with Crippen molar-refractivity contribution in [2.45, 2.75) is 80.5 Å². The Kier molecular flexibility index (Phi) is 11.0. The zero-order valence-corrected chi connectivity index (χ0v) is 30.1. The molecule has 50 heavy (non-hydrogen) atoms. The summed E-state index contributed by atoms with van der Waals surface area (Å²) in [4.78, 5) is 30.8. The maximum absolute atomic E-state index is 14.4. The first-order valence-corrected chi connectivity index (χ1v) is 19.5. The molecule has 0 spiro atoms. The number of benzene rings is 2. The van der Waals surface area contributed by atoms with Gasteiger partial charge in [0.1, 0.15) is 11.4 Å². The molecule has 4 fully saturated rings. The highest BCUT2D eigenvalue weighted by Gasteiger charge is 2.50. The van der Waals surface area contributed by atoms with Crippen LogP contribution < -0.4 is 10.6 Å². The third-order valence-electron chi connectivity index (χ3n) is 11.7. The first-order chi connectivity index (χ1) is 23.9. The van der Waals surface area contributed by atoms with Crippen molar-refractivity contribution < 1.29 is 27.5 Å². The molecule has 272 valence electrons.